The maximum atomic E-state index is 10.8. The van der Waals surface area contributed by atoms with Crippen LogP contribution in [0.1, 0.15) is 42.2 Å². The summed E-state index contributed by atoms with van der Waals surface area (Å²) < 4.78 is 0. The molecule has 0 aliphatic heterocycles. The molecule has 0 heterocycles. The second-order valence-corrected chi connectivity index (χ2v) is 4.24. The Balaban J connectivity index is 2.23. The molecule has 0 saturated heterocycles. The van der Waals surface area contributed by atoms with Gasteiger partial charge in [0.25, 0.3) is 5.69 Å². The van der Waals surface area contributed by atoms with Crippen molar-refractivity contribution < 1.29 is 4.92 Å². The van der Waals surface area contributed by atoms with Crippen LogP contribution in [0.4, 0.5) is 5.69 Å². The molecule has 3 nitrogen and oxygen atoms in total. The van der Waals surface area contributed by atoms with Gasteiger partial charge in [0.05, 0.1) is 4.92 Å². The highest BCUT2D eigenvalue weighted by Crippen LogP contribution is 2.55. The minimum atomic E-state index is -0.237. The topological polar surface area (TPSA) is 43.1 Å². The minimum absolute atomic E-state index is 0.237. The highest BCUT2D eigenvalue weighted by atomic mass is 16.6. The van der Waals surface area contributed by atoms with Gasteiger partial charge in [-0.25, -0.2) is 0 Å². The Morgan fingerprint density at radius 3 is 2.86 bits per heavy atom. The van der Waals surface area contributed by atoms with E-state index >= 15 is 0 Å². The van der Waals surface area contributed by atoms with E-state index in [0.29, 0.717) is 17.5 Å². The van der Waals surface area contributed by atoms with Crippen molar-refractivity contribution in [1.82, 2.24) is 0 Å². The summed E-state index contributed by atoms with van der Waals surface area (Å²) in [6.45, 7) is 0. The molecule has 1 aromatic carbocycles. The van der Waals surface area contributed by atoms with E-state index in [1.54, 1.807) is 6.07 Å². The number of benzene rings is 1. The number of fused-ring (bicyclic) bond motifs is 5. The van der Waals surface area contributed by atoms with Crippen LogP contribution in [-0.4, -0.2) is 4.92 Å². The van der Waals surface area contributed by atoms with Crippen molar-refractivity contribution in [3.63, 3.8) is 0 Å². The number of nitrogens with zero attached hydrogens (tertiary/aromatic N) is 1. The summed E-state index contributed by atoms with van der Waals surface area (Å²) in [6, 6.07) is 5.52. The molecule has 0 amide bonds. The molecule has 2 unspecified atom stereocenters. The number of hydrogen-bond donors (Lipinski definition) is 0. The quantitative estimate of drug-likeness (QED) is 0.503. The summed E-state index contributed by atoms with van der Waals surface area (Å²) in [5.41, 5.74) is 2.62. The molecule has 1 fully saturated rings. The average molecular weight is 189 g/mol. The zero-order valence-electron chi connectivity index (χ0n) is 7.77. The average Bonchev–Trinajstić information content (AvgIpc) is 2.77. The van der Waals surface area contributed by atoms with E-state index in [1.807, 2.05) is 6.07 Å². The van der Waals surface area contributed by atoms with Gasteiger partial charge in [-0.3, -0.25) is 10.1 Å². The zero-order valence-corrected chi connectivity index (χ0v) is 7.77. The molecule has 2 aliphatic carbocycles. The Bertz CT molecular complexity index is 414. The molecule has 0 radical (unpaired) electrons. The van der Waals surface area contributed by atoms with Crippen LogP contribution in [0.5, 0.6) is 0 Å². The van der Waals surface area contributed by atoms with Gasteiger partial charge in [-0.1, -0.05) is 12.1 Å². The van der Waals surface area contributed by atoms with Crippen LogP contribution in [0.15, 0.2) is 18.2 Å². The fourth-order valence-corrected chi connectivity index (χ4v) is 3.06. The molecule has 2 bridgehead atoms. The molecular formula is C11H11NO2. The predicted octanol–water partition coefficient (Wildman–Crippen LogP) is 2.96. The molecule has 0 spiro atoms. The monoisotopic (exact) mass is 189 g/mol. The molecule has 1 saturated carbocycles. The third kappa shape index (κ3) is 0.870. The molecule has 0 aromatic heterocycles. The fourth-order valence-electron chi connectivity index (χ4n) is 3.06. The molecule has 3 heteroatoms. The van der Waals surface area contributed by atoms with Crippen molar-refractivity contribution in [2.75, 3.05) is 0 Å². The maximum absolute atomic E-state index is 10.8. The first-order valence-corrected chi connectivity index (χ1v) is 5.04. The third-order valence-corrected chi connectivity index (χ3v) is 3.59. The Kier molecular flexibility index (Phi) is 1.46. The van der Waals surface area contributed by atoms with Crippen molar-refractivity contribution in [1.29, 1.82) is 0 Å². The van der Waals surface area contributed by atoms with Crippen LogP contribution in [0.25, 0.3) is 0 Å². The third-order valence-electron chi connectivity index (χ3n) is 3.59. The summed E-state index contributed by atoms with van der Waals surface area (Å²) in [4.78, 5) is 10.6. The van der Waals surface area contributed by atoms with E-state index < -0.39 is 0 Å². The Morgan fingerprint density at radius 2 is 2.07 bits per heavy atom. The minimum Gasteiger partial charge on any atom is -0.258 e. The number of nitro groups is 1. The molecule has 2 atom stereocenters. The lowest BCUT2D eigenvalue weighted by molar-refractivity contribution is -0.385. The molecule has 72 valence electrons. The van der Waals surface area contributed by atoms with Crippen LogP contribution in [0.2, 0.25) is 0 Å². The zero-order chi connectivity index (χ0) is 9.71. The molecule has 0 N–H and O–H groups in total. The first-order chi connectivity index (χ1) is 6.77. The van der Waals surface area contributed by atoms with E-state index in [4.69, 9.17) is 0 Å². The smallest absolute Gasteiger partial charge is 0.258 e. The lowest BCUT2D eigenvalue weighted by Crippen LogP contribution is -2.02. The molecule has 14 heavy (non-hydrogen) atoms. The fraction of sp³-hybridized carbons (Fsp3) is 0.455. The van der Waals surface area contributed by atoms with Crippen molar-refractivity contribution >= 4 is 5.69 Å². The van der Waals surface area contributed by atoms with Gasteiger partial charge in [0.2, 0.25) is 0 Å². The molecule has 1 aromatic rings. The SMILES string of the molecule is O=[N+]([O-])c1cccc2c1C1CCC2C1. The first kappa shape index (κ1) is 7.97. The molecule has 2 aliphatic rings. The highest BCUT2D eigenvalue weighted by molar-refractivity contribution is 5.53. The number of nitro benzene ring substituents is 1. The van der Waals surface area contributed by atoms with Gasteiger partial charge >= 0.3 is 0 Å². The summed E-state index contributed by atoms with van der Waals surface area (Å²) in [7, 11) is 0. The van der Waals surface area contributed by atoms with Gasteiger partial charge in [0.15, 0.2) is 0 Å². The van der Waals surface area contributed by atoms with Crippen LogP contribution in [-0.2, 0) is 0 Å². The Morgan fingerprint density at radius 1 is 1.29 bits per heavy atom. The molecule has 3 rings (SSSR count). The van der Waals surface area contributed by atoms with Crippen molar-refractivity contribution in [3.8, 4) is 0 Å². The normalized spacial score (nSPS) is 27.7. The maximum Gasteiger partial charge on any atom is 0.273 e. The highest BCUT2D eigenvalue weighted by Gasteiger charge is 2.40. The van der Waals surface area contributed by atoms with Crippen LogP contribution in [0, 0.1) is 10.1 Å². The standard InChI is InChI=1S/C11H11NO2/c13-12(14)10-3-1-2-9-7-4-5-8(6-7)11(9)10/h1-3,7-8H,4-6H2. The van der Waals surface area contributed by atoms with E-state index in [0.717, 1.165) is 18.4 Å². The lowest BCUT2D eigenvalue weighted by atomic mass is 9.91. The predicted molar refractivity (Wildman–Crippen MR) is 52.4 cm³/mol. The van der Waals surface area contributed by atoms with Gasteiger partial charge in [-0.15, -0.1) is 0 Å². The second-order valence-electron chi connectivity index (χ2n) is 4.24. The Labute approximate surface area is 81.9 Å². The number of rotatable bonds is 1. The number of hydrogen-bond acceptors (Lipinski definition) is 2. The van der Waals surface area contributed by atoms with Crippen molar-refractivity contribution in [2.24, 2.45) is 0 Å². The van der Waals surface area contributed by atoms with Crippen molar-refractivity contribution in [2.45, 2.75) is 31.1 Å². The summed E-state index contributed by atoms with van der Waals surface area (Å²) in [5.74, 6) is 1.08. The second kappa shape index (κ2) is 2.56. The van der Waals surface area contributed by atoms with Crippen LogP contribution < -0.4 is 0 Å². The van der Waals surface area contributed by atoms with Gasteiger partial charge in [0, 0.05) is 11.6 Å². The van der Waals surface area contributed by atoms with Gasteiger partial charge in [-0.05, 0) is 36.7 Å². The van der Waals surface area contributed by atoms with E-state index in [2.05, 4.69) is 6.07 Å². The van der Waals surface area contributed by atoms with Gasteiger partial charge < -0.3 is 0 Å². The first-order valence-electron chi connectivity index (χ1n) is 5.04. The van der Waals surface area contributed by atoms with E-state index in [1.165, 1.54) is 12.0 Å². The van der Waals surface area contributed by atoms with E-state index in [-0.39, 0.29) is 4.92 Å². The van der Waals surface area contributed by atoms with E-state index in [9.17, 15) is 10.1 Å². The van der Waals surface area contributed by atoms with Crippen LogP contribution >= 0.6 is 0 Å². The van der Waals surface area contributed by atoms with Crippen LogP contribution in [0.3, 0.4) is 0 Å². The molecular weight excluding hydrogens is 178 g/mol. The van der Waals surface area contributed by atoms with Gasteiger partial charge in [0.1, 0.15) is 0 Å². The summed E-state index contributed by atoms with van der Waals surface area (Å²) >= 11 is 0. The largest absolute Gasteiger partial charge is 0.273 e. The Hall–Kier alpha value is -1.38. The van der Waals surface area contributed by atoms with Gasteiger partial charge in [-0.2, -0.15) is 0 Å². The summed E-state index contributed by atoms with van der Waals surface area (Å²) in [5, 5.41) is 10.8. The van der Waals surface area contributed by atoms with Crippen molar-refractivity contribution in [3.05, 3.63) is 39.4 Å². The lowest BCUT2D eigenvalue weighted by Gasteiger charge is -2.14. The summed E-state index contributed by atoms with van der Waals surface area (Å²) in [6.07, 6.45) is 3.50.